The molecule has 0 heterocycles. The minimum atomic E-state index is -0.145. The van der Waals surface area contributed by atoms with Crippen LogP contribution in [0.1, 0.15) is 13.3 Å². The number of nitrogens with one attached hydrogen (secondary N) is 1. The van der Waals surface area contributed by atoms with Crippen LogP contribution in [-0.2, 0) is 14.3 Å². The van der Waals surface area contributed by atoms with Gasteiger partial charge in [-0.2, -0.15) is 0 Å². The Morgan fingerprint density at radius 3 is 2.36 bits per heavy atom. The molecule has 6 nitrogen and oxygen atoms in total. The van der Waals surface area contributed by atoms with E-state index in [0.717, 1.165) is 12.2 Å². The van der Waals surface area contributed by atoms with Crippen LogP contribution >= 0.6 is 0 Å². The van der Waals surface area contributed by atoms with Gasteiger partial charge in [0.05, 0.1) is 6.61 Å². The van der Waals surface area contributed by atoms with Gasteiger partial charge in [0.2, 0.25) is 0 Å². The number of hydrogen-bond donors (Lipinski definition) is 1. The van der Waals surface area contributed by atoms with E-state index in [2.05, 4.69) is 5.32 Å². The molecule has 0 aromatic heterocycles. The third-order valence-electron chi connectivity index (χ3n) is 2.74. The maximum absolute atomic E-state index is 11.5. The Bertz CT molecular complexity index is 408. The first-order valence-electron chi connectivity index (χ1n) is 7.45. The first kappa shape index (κ1) is 18.3. The van der Waals surface area contributed by atoms with Crippen molar-refractivity contribution in [2.75, 3.05) is 46.7 Å². The molecule has 0 unspecified atom stereocenters. The summed E-state index contributed by atoms with van der Waals surface area (Å²) in [7, 11) is 1.63. The molecule has 0 radical (unpaired) electrons. The lowest BCUT2D eigenvalue weighted by molar-refractivity contribution is -0.123. The van der Waals surface area contributed by atoms with Gasteiger partial charge in [-0.05, 0) is 37.6 Å². The highest BCUT2D eigenvalue weighted by atomic mass is 16.5. The molecular formula is C16H25NO5. The number of ether oxygens (including phenoxy) is 4. The number of rotatable bonds is 12. The van der Waals surface area contributed by atoms with E-state index < -0.39 is 0 Å². The topological polar surface area (TPSA) is 66.0 Å². The second kappa shape index (κ2) is 11.8. The van der Waals surface area contributed by atoms with Crippen molar-refractivity contribution in [2.45, 2.75) is 13.3 Å². The van der Waals surface area contributed by atoms with E-state index in [4.69, 9.17) is 18.9 Å². The molecule has 1 N–H and O–H groups in total. The Morgan fingerprint density at radius 2 is 1.73 bits per heavy atom. The van der Waals surface area contributed by atoms with Gasteiger partial charge in [0, 0.05) is 26.9 Å². The second-order valence-electron chi connectivity index (χ2n) is 4.50. The van der Waals surface area contributed by atoms with Crippen LogP contribution in [0, 0.1) is 0 Å². The number of hydrogen-bond acceptors (Lipinski definition) is 5. The summed E-state index contributed by atoms with van der Waals surface area (Å²) >= 11 is 0. The monoisotopic (exact) mass is 311 g/mol. The molecule has 0 aliphatic carbocycles. The predicted octanol–water partition coefficient (Wildman–Crippen LogP) is 1.63. The van der Waals surface area contributed by atoms with Crippen molar-refractivity contribution < 1.29 is 23.7 Å². The van der Waals surface area contributed by atoms with Crippen molar-refractivity contribution in [1.82, 2.24) is 5.32 Å². The van der Waals surface area contributed by atoms with Crippen LogP contribution in [0.2, 0.25) is 0 Å². The van der Waals surface area contributed by atoms with Gasteiger partial charge in [-0.1, -0.05) is 0 Å². The molecule has 0 aliphatic rings. The number of benzene rings is 1. The fourth-order valence-corrected chi connectivity index (χ4v) is 1.64. The lowest BCUT2D eigenvalue weighted by atomic mass is 10.3. The summed E-state index contributed by atoms with van der Waals surface area (Å²) in [4.78, 5) is 11.5. The molecule has 124 valence electrons. The smallest absolute Gasteiger partial charge is 0.257 e. The molecule has 0 saturated carbocycles. The number of methoxy groups -OCH3 is 1. The van der Waals surface area contributed by atoms with Gasteiger partial charge in [-0.3, -0.25) is 4.79 Å². The van der Waals surface area contributed by atoms with Crippen LogP contribution in [0.4, 0.5) is 0 Å². The molecule has 0 aliphatic heterocycles. The molecule has 1 aromatic carbocycles. The predicted molar refractivity (Wildman–Crippen MR) is 83.4 cm³/mol. The standard InChI is InChI=1S/C16H25NO5/c1-3-20-11-12-21-14-5-7-15(8-6-14)22-13-16(18)17-9-4-10-19-2/h5-8H,3-4,9-13H2,1-2H3,(H,17,18). The number of carbonyl (C=O) groups excluding carboxylic acids is 1. The van der Waals surface area contributed by atoms with E-state index in [9.17, 15) is 4.79 Å². The number of carbonyl (C=O) groups is 1. The normalized spacial score (nSPS) is 10.3. The van der Waals surface area contributed by atoms with Crippen molar-refractivity contribution >= 4 is 5.91 Å². The van der Waals surface area contributed by atoms with Gasteiger partial charge in [0.25, 0.3) is 5.91 Å². The Labute approximate surface area is 131 Å². The van der Waals surface area contributed by atoms with Crippen molar-refractivity contribution in [2.24, 2.45) is 0 Å². The third kappa shape index (κ3) is 8.49. The summed E-state index contributed by atoms with van der Waals surface area (Å²) in [6.07, 6.45) is 0.788. The highest BCUT2D eigenvalue weighted by Crippen LogP contribution is 2.17. The van der Waals surface area contributed by atoms with Gasteiger partial charge in [0.1, 0.15) is 18.1 Å². The quantitative estimate of drug-likeness (QED) is 0.594. The van der Waals surface area contributed by atoms with E-state index in [0.29, 0.717) is 38.7 Å². The number of amides is 1. The van der Waals surface area contributed by atoms with Crippen LogP contribution in [0.25, 0.3) is 0 Å². The Hall–Kier alpha value is -1.79. The molecule has 1 aromatic rings. The zero-order chi connectivity index (χ0) is 16.0. The van der Waals surface area contributed by atoms with Crippen molar-refractivity contribution in [3.63, 3.8) is 0 Å². The molecule has 0 bridgehead atoms. The first-order valence-corrected chi connectivity index (χ1v) is 7.45. The molecule has 1 rings (SSSR count). The van der Waals surface area contributed by atoms with Gasteiger partial charge < -0.3 is 24.3 Å². The summed E-state index contributed by atoms with van der Waals surface area (Å²) in [5.74, 6) is 1.23. The van der Waals surface area contributed by atoms with Gasteiger partial charge in [-0.15, -0.1) is 0 Å². The van der Waals surface area contributed by atoms with Crippen LogP contribution < -0.4 is 14.8 Å². The van der Waals surface area contributed by atoms with Gasteiger partial charge in [0.15, 0.2) is 6.61 Å². The van der Waals surface area contributed by atoms with Crippen LogP contribution in [0.3, 0.4) is 0 Å². The lowest BCUT2D eigenvalue weighted by Crippen LogP contribution is -2.30. The molecular weight excluding hydrogens is 286 g/mol. The highest BCUT2D eigenvalue weighted by molar-refractivity contribution is 5.77. The van der Waals surface area contributed by atoms with Crippen LogP contribution in [0.5, 0.6) is 11.5 Å². The molecule has 6 heteroatoms. The maximum atomic E-state index is 11.5. The molecule has 22 heavy (non-hydrogen) atoms. The van der Waals surface area contributed by atoms with E-state index in [1.807, 2.05) is 6.92 Å². The zero-order valence-electron chi connectivity index (χ0n) is 13.3. The summed E-state index contributed by atoms with van der Waals surface area (Å²) in [5.41, 5.74) is 0. The summed E-state index contributed by atoms with van der Waals surface area (Å²) in [6.45, 7) is 4.92. The molecule has 1 amide bonds. The fraction of sp³-hybridized carbons (Fsp3) is 0.562. The molecule has 0 fully saturated rings. The van der Waals surface area contributed by atoms with Crippen LogP contribution in [-0.4, -0.2) is 52.6 Å². The average Bonchev–Trinajstić information content (AvgIpc) is 2.55. The van der Waals surface area contributed by atoms with E-state index in [1.165, 1.54) is 0 Å². The fourth-order valence-electron chi connectivity index (χ4n) is 1.64. The molecule has 0 saturated heterocycles. The largest absolute Gasteiger partial charge is 0.491 e. The third-order valence-corrected chi connectivity index (χ3v) is 2.74. The first-order chi connectivity index (χ1) is 10.8. The van der Waals surface area contributed by atoms with Crippen molar-refractivity contribution in [3.05, 3.63) is 24.3 Å². The van der Waals surface area contributed by atoms with Gasteiger partial charge in [-0.25, -0.2) is 0 Å². The Kier molecular flexibility index (Phi) is 9.81. The van der Waals surface area contributed by atoms with Crippen molar-refractivity contribution in [1.29, 1.82) is 0 Å². The van der Waals surface area contributed by atoms with E-state index in [1.54, 1.807) is 31.4 Å². The van der Waals surface area contributed by atoms with E-state index in [-0.39, 0.29) is 12.5 Å². The molecule has 0 atom stereocenters. The SMILES string of the molecule is CCOCCOc1ccc(OCC(=O)NCCCOC)cc1. The lowest BCUT2D eigenvalue weighted by Gasteiger charge is -2.09. The zero-order valence-corrected chi connectivity index (χ0v) is 13.3. The summed E-state index contributed by atoms with van der Waals surface area (Å²) in [6, 6.07) is 7.15. The minimum absolute atomic E-state index is 0.00245. The molecule has 0 spiro atoms. The maximum Gasteiger partial charge on any atom is 0.257 e. The van der Waals surface area contributed by atoms with E-state index >= 15 is 0 Å². The summed E-state index contributed by atoms with van der Waals surface area (Å²) < 4.78 is 21.0. The average molecular weight is 311 g/mol. The van der Waals surface area contributed by atoms with Crippen molar-refractivity contribution in [3.8, 4) is 11.5 Å². The Morgan fingerprint density at radius 1 is 1.05 bits per heavy atom. The van der Waals surface area contributed by atoms with Gasteiger partial charge >= 0.3 is 0 Å². The second-order valence-corrected chi connectivity index (χ2v) is 4.50. The minimum Gasteiger partial charge on any atom is -0.491 e. The highest BCUT2D eigenvalue weighted by Gasteiger charge is 2.02. The summed E-state index contributed by atoms with van der Waals surface area (Å²) in [5, 5.41) is 2.76. The Balaban J connectivity index is 2.19. The van der Waals surface area contributed by atoms with Crippen LogP contribution in [0.15, 0.2) is 24.3 Å².